The number of hydrogen-bond acceptors (Lipinski definition) is 4. The highest BCUT2D eigenvalue weighted by Gasteiger charge is 2.13. The van der Waals surface area contributed by atoms with Crippen LogP contribution in [0.2, 0.25) is 0 Å². The summed E-state index contributed by atoms with van der Waals surface area (Å²) in [6.45, 7) is 0. The molecule has 1 fully saturated rings. The average molecular weight is 331 g/mol. The van der Waals surface area contributed by atoms with Gasteiger partial charge in [-0.1, -0.05) is 37.5 Å². The molecule has 0 bridgehead atoms. The van der Waals surface area contributed by atoms with Crippen LogP contribution < -0.4 is 5.32 Å². The van der Waals surface area contributed by atoms with E-state index in [4.69, 9.17) is 5.26 Å². The van der Waals surface area contributed by atoms with Gasteiger partial charge in [0.2, 0.25) is 0 Å². The second kappa shape index (κ2) is 8.25. The van der Waals surface area contributed by atoms with Gasteiger partial charge in [0.25, 0.3) is 0 Å². The molecule has 1 aromatic heterocycles. The predicted molar refractivity (Wildman–Crippen MR) is 99.3 cm³/mol. The number of nitriles is 1. The number of benzene rings is 1. The molecule has 0 spiro atoms. The first-order valence-electron chi connectivity index (χ1n) is 8.70. The first-order valence-corrected chi connectivity index (χ1v) is 8.70. The summed E-state index contributed by atoms with van der Waals surface area (Å²) in [5.41, 5.74) is 1.83. The summed E-state index contributed by atoms with van der Waals surface area (Å²) in [4.78, 5) is 16.7. The summed E-state index contributed by atoms with van der Waals surface area (Å²) in [5, 5.41) is 12.5. The van der Waals surface area contributed by atoms with Crippen LogP contribution >= 0.6 is 0 Å². The molecule has 1 aromatic carbocycles. The molecular weight excluding hydrogens is 310 g/mol. The smallest absolute Gasteiger partial charge is 0.187 e. The van der Waals surface area contributed by atoms with E-state index in [-0.39, 0.29) is 5.78 Å². The van der Waals surface area contributed by atoms with Gasteiger partial charge in [0.15, 0.2) is 5.78 Å². The van der Waals surface area contributed by atoms with Crippen LogP contribution in [0.5, 0.6) is 0 Å². The van der Waals surface area contributed by atoms with Crippen LogP contribution in [0.1, 0.15) is 53.6 Å². The molecule has 0 saturated heterocycles. The van der Waals surface area contributed by atoms with Crippen molar-refractivity contribution in [3.05, 3.63) is 65.4 Å². The fraction of sp³-hybridized carbons (Fsp3) is 0.286. The maximum absolute atomic E-state index is 12.3. The van der Waals surface area contributed by atoms with Crippen LogP contribution in [-0.2, 0) is 0 Å². The minimum absolute atomic E-state index is 0.121. The molecule has 1 aliphatic carbocycles. The molecule has 0 radical (unpaired) electrons. The van der Waals surface area contributed by atoms with Gasteiger partial charge in [0, 0.05) is 17.8 Å². The number of carbonyl (C=O) groups excluding carboxylic acids is 1. The van der Waals surface area contributed by atoms with Gasteiger partial charge in [0.1, 0.15) is 5.82 Å². The molecule has 1 heterocycles. The highest BCUT2D eigenvalue weighted by atomic mass is 16.1. The van der Waals surface area contributed by atoms with Crippen LogP contribution in [0.4, 0.5) is 5.82 Å². The summed E-state index contributed by atoms with van der Waals surface area (Å²) in [6.07, 6.45) is 11.0. The van der Waals surface area contributed by atoms with Gasteiger partial charge in [-0.15, -0.1) is 0 Å². The van der Waals surface area contributed by atoms with E-state index in [1.54, 1.807) is 30.5 Å². The molecule has 0 amide bonds. The lowest BCUT2D eigenvalue weighted by Gasteiger charge is -2.23. The highest BCUT2D eigenvalue weighted by Crippen LogP contribution is 2.21. The maximum atomic E-state index is 12.3. The van der Waals surface area contributed by atoms with Crippen molar-refractivity contribution in [1.29, 1.82) is 5.26 Å². The van der Waals surface area contributed by atoms with Gasteiger partial charge in [-0.25, -0.2) is 4.98 Å². The molecular formula is C21H21N3O. The van der Waals surface area contributed by atoms with Crippen LogP contribution in [0.25, 0.3) is 6.08 Å². The first-order chi connectivity index (χ1) is 12.3. The maximum Gasteiger partial charge on any atom is 0.187 e. The SMILES string of the molecule is N#Cc1ccccc1/C=C/C(=O)c1ccc(NC2CCCCC2)nc1. The molecule has 1 aliphatic rings. The standard InChI is InChI=1S/C21H21N3O/c22-14-17-7-5-4-6-16(17)10-12-20(25)18-11-13-21(23-15-18)24-19-8-2-1-3-9-19/h4-7,10-13,15,19H,1-3,8-9H2,(H,23,24)/b12-10+. The Morgan fingerprint density at radius 1 is 1.16 bits per heavy atom. The van der Waals surface area contributed by atoms with Gasteiger partial charge in [0.05, 0.1) is 11.6 Å². The van der Waals surface area contributed by atoms with E-state index in [1.165, 1.54) is 38.2 Å². The van der Waals surface area contributed by atoms with E-state index >= 15 is 0 Å². The lowest BCUT2D eigenvalue weighted by Crippen LogP contribution is -2.22. The molecule has 1 N–H and O–H groups in total. The van der Waals surface area contributed by atoms with Gasteiger partial charge in [-0.05, 0) is 48.8 Å². The van der Waals surface area contributed by atoms with Gasteiger partial charge in [-0.2, -0.15) is 5.26 Å². The van der Waals surface area contributed by atoms with E-state index in [2.05, 4.69) is 16.4 Å². The zero-order valence-corrected chi connectivity index (χ0v) is 14.1. The Labute approximate surface area is 148 Å². The fourth-order valence-electron chi connectivity index (χ4n) is 3.09. The van der Waals surface area contributed by atoms with Crippen molar-refractivity contribution in [1.82, 2.24) is 4.98 Å². The molecule has 3 rings (SSSR count). The van der Waals surface area contributed by atoms with Crippen LogP contribution in [0.15, 0.2) is 48.7 Å². The number of ketones is 1. The molecule has 4 heteroatoms. The van der Waals surface area contributed by atoms with E-state index in [9.17, 15) is 4.79 Å². The largest absolute Gasteiger partial charge is 0.367 e. The molecule has 1 saturated carbocycles. The zero-order valence-electron chi connectivity index (χ0n) is 14.1. The van der Waals surface area contributed by atoms with E-state index < -0.39 is 0 Å². The summed E-state index contributed by atoms with van der Waals surface area (Å²) in [7, 11) is 0. The van der Waals surface area contributed by atoms with Crippen molar-refractivity contribution in [2.75, 3.05) is 5.32 Å². The fourth-order valence-corrected chi connectivity index (χ4v) is 3.09. The topological polar surface area (TPSA) is 65.8 Å². The van der Waals surface area contributed by atoms with Gasteiger partial charge in [-0.3, -0.25) is 4.79 Å². The van der Waals surface area contributed by atoms with E-state index in [0.29, 0.717) is 17.2 Å². The second-order valence-corrected chi connectivity index (χ2v) is 6.31. The van der Waals surface area contributed by atoms with Gasteiger partial charge < -0.3 is 5.32 Å². The summed E-state index contributed by atoms with van der Waals surface area (Å²) < 4.78 is 0. The molecule has 0 atom stereocenters. The van der Waals surface area contributed by atoms with Crippen molar-refractivity contribution >= 4 is 17.7 Å². The number of anilines is 1. The van der Waals surface area contributed by atoms with E-state index in [1.807, 2.05) is 18.2 Å². The average Bonchev–Trinajstić information content (AvgIpc) is 2.67. The third-order valence-electron chi connectivity index (χ3n) is 4.50. The minimum Gasteiger partial charge on any atom is -0.367 e. The quantitative estimate of drug-likeness (QED) is 0.642. The number of carbonyl (C=O) groups is 1. The van der Waals surface area contributed by atoms with Crippen LogP contribution in [-0.4, -0.2) is 16.8 Å². The van der Waals surface area contributed by atoms with Crippen molar-refractivity contribution in [2.45, 2.75) is 38.1 Å². The van der Waals surface area contributed by atoms with Crippen LogP contribution in [0.3, 0.4) is 0 Å². The molecule has 0 aliphatic heterocycles. The molecule has 4 nitrogen and oxygen atoms in total. The molecule has 2 aromatic rings. The number of pyridine rings is 1. The van der Waals surface area contributed by atoms with Crippen molar-refractivity contribution in [2.24, 2.45) is 0 Å². The molecule has 0 unspecified atom stereocenters. The van der Waals surface area contributed by atoms with Gasteiger partial charge >= 0.3 is 0 Å². The summed E-state index contributed by atoms with van der Waals surface area (Å²) in [6, 6.07) is 13.5. The summed E-state index contributed by atoms with van der Waals surface area (Å²) >= 11 is 0. The van der Waals surface area contributed by atoms with Crippen molar-refractivity contribution in [3.63, 3.8) is 0 Å². The van der Waals surface area contributed by atoms with Crippen molar-refractivity contribution < 1.29 is 4.79 Å². The number of allylic oxidation sites excluding steroid dienone is 1. The zero-order chi connectivity index (χ0) is 17.5. The number of nitrogens with zero attached hydrogens (tertiary/aromatic N) is 2. The monoisotopic (exact) mass is 331 g/mol. The van der Waals surface area contributed by atoms with Crippen LogP contribution in [0, 0.1) is 11.3 Å². The minimum atomic E-state index is -0.121. The predicted octanol–water partition coefficient (Wildman–Crippen LogP) is 4.59. The highest BCUT2D eigenvalue weighted by molar-refractivity contribution is 6.06. The van der Waals surface area contributed by atoms with Crippen molar-refractivity contribution in [3.8, 4) is 6.07 Å². The lowest BCUT2D eigenvalue weighted by molar-refractivity contribution is 0.104. The number of nitrogens with one attached hydrogen (secondary N) is 1. The normalized spacial score (nSPS) is 15.0. The third-order valence-corrected chi connectivity index (χ3v) is 4.50. The molecule has 25 heavy (non-hydrogen) atoms. The number of aromatic nitrogens is 1. The third kappa shape index (κ3) is 4.54. The Balaban J connectivity index is 1.64. The summed E-state index contributed by atoms with van der Waals surface area (Å²) in [5.74, 6) is 0.701. The lowest BCUT2D eigenvalue weighted by atomic mass is 9.95. The molecule has 126 valence electrons. The Hall–Kier alpha value is -2.93. The first kappa shape index (κ1) is 16.9. The Morgan fingerprint density at radius 3 is 2.68 bits per heavy atom. The Bertz CT molecular complexity index is 797. The second-order valence-electron chi connectivity index (χ2n) is 6.31. The number of rotatable bonds is 5. The Kier molecular flexibility index (Phi) is 5.58. The Morgan fingerprint density at radius 2 is 1.96 bits per heavy atom. The van der Waals surface area contributed by atoms with E-state index in [0.717, 1.165) is 11.4 Å². The number of hydrogen-bond donors (Lipinski definition) is 1.